The number of rotatable bonds is 3. The zero-order chi connectivity index (χ0) is 16.6. The number of hydrogen-bond acceptors (Lipinski definition) is 0. The van der Waals surface area contributed by atoms with Crippen LogP contribution in [0.5, 0.6) is 0 Å². The first-order chi connectivity index (χ1) is 10.9. The summed E-state index contributed by atoms with van der Waals surface area (Å²) >= 11 is 2.44. The molecule has 0 radical (unpaired) electrons. The van der Waals surface area contributed by atoms with Crippen molar-refractivity contribution in [3.8, 4) is 0 Å². The van der Waals surface area contributed by atoms with E-state index in [1.807, 2.05) is 6.08 Å². The Morgan fingerprint density at radius 2 is 2.00 bits per heavy atom. The van der Waals surface area contributed by atoms with E-state index in [2.05, 4.69) is 92.4 Å². The SMILES string of the molecule is C=C/C=C\C1C(C)c2ccc(C3=CC=C(I)CC3)cc2C1(C)C. The Morgan fingerprint density at radius 3 is 2.65 bits per heavy atom. The average Bonchev–Trinajstić information content (AvgIpc) is 2.73. The van der Waals surface area contributed by atoms with Gasteiger partial charge in [0.25, 0.3) is 0 Å². The highest BCUT2D eigenvalue weighted by atomic mass is 127. The molecule has 0 nitrogen and oxygen atoms in total. The van der Waals surface area contributed by atoms with Crippen molar-refractivity contribution in [1.29, 1.82) is 0 Å². The van der Waals surface area contributed by atoms with Gasteiger partial charge in [-0.1, -0.05) is 75.9 Å². The number of hydrogen-bond donors (Lipinski definition) is 0. The van der Waals surface area contributed by atoms with Crippen LogP contribution in [-0.2, 0) is 5.41 Å². The number of benzene rings is 1. The summed E-state index contributed by atoms with van der Waals surface area (Å²) in [5.41, 5.74) is 6.08. The second-order valence-corrected chi connectivity index (χ2v) is 8.65. The largest absolute Gasteiger partial charge is 0.0991 e. The van der Waals surface area contributed by atoms with Crippen LogP contribution in [0.15, 0.2) is 58.7 Å². The van der Waals surface area contributed by atoms with Crippen LogP contribution in [0.3, 0.4) is 0 Å². The molecule has 0 amide bonds. The lowest BCUT2D eigenvalue weighted by Gasteiger charge is -2.28. The smallest absolute Gasteiger partial charge is 0.00319 e. The van der Waals surface area contributed by atoms with Crippen molar-refractivity contribution in [2.75, 3.05) is 0 Å². The van der Waals surface area contributed by atoms with Gasteiger partial charge in [0.05, 0.1) is 0 Å². The standard InChI is InChI=1S/C22H25I/c1-5-6-7-20-15(2)19-13-10-17(14-21(19)22(20,3)4)16-8-11-18(23)12-9-16/h5-8,10-11,13-15,20H,1,9,12H2,2-4H3/b7-6-. The summed E-state index contributed by atoms with van der Waals surface area (Å²) in [6, 6.07) is 7.14. The maximum Gasteiger partial charge on any atom is -0.00319 e. The highest BCUT2D eigenvalue weighted by molar-refractivity contribution is 14.1. The summed E-state index contributed by atoms with van der Waals surface area (Å²) in [5, 5.41) is 0. The minimum absolute atomic E-state index is 0.170. The summed E-state index contributed by atoms with van der Waals surface area (Å²) in [7, 11) is 0. The summed E-state index contributed by atoms with van der Waals surface area (Å²) in [6.45, 7) is 11.0. The van der Waals surface area contributed by atoms with Crippen LogP contribution in [0.1, 0.15) is 56.2 Å². The molecule has 0 spiro atoms. The van der Waals surface area contributed by atoms with Gasteiger partial charge in [0.15, 0.2) is 0 Å². The minimum Gasteiger partial charge on any atom is -0.0991 e. The van der Waals surface area contributed by atoms with Gasteiger partial charge >= 0.3 is 0 Å². The molecule has 0 fully saturated rings. The first-order valence-corrected chi connectivity index (χ1v) is 9.52. The molecule has 0 saturated carbocycles. The molecule has 23 heavy (non-hydrogen) atoms. The first kappa shape index (κ1) is 16.8. The topological polar surface area (TPSA) is 0 Å². The van der Waals surface area contributed by atoms with Gasteiger partial charge in [-0.3, -0.25) is 0 Å². The molecule has 2 atom stereocenters. The maximum absolute atomic E-state index is 3.82. The van der Waals surface area contributed by atoms with Crippen molar-refractivity contribution in [2.45, 2.75) is 44.9 Å². The lowest BCUT2D eigenvalue weighted by Crippen LogP contribution is -2.23. The third-order valence-corrected chi connectivity index (χ3v) is 6.43. The maximum atomic E-state index is 3.82. The summed E-state index contributed by atoms with van der Waals surface area (Å²) in [4.78, 5) is 0. The summed E-state index contributed by atoms with van der Waals surface area (Å²) < 4.78 is 1.45. The van der Waals surface area contributed by atoms with E-state index in [1.54, 1.807) is 0 Å². The molecule has 3 rings (SSSR count). The molecule has 0 bridgehead atoms. The number of halogens is 1. The quantitative estimate of drug-likeness (QED) is 0.370. The summed E-state index contributed by atoms with van der Waals surface area (Å²) in [5.74, 6) is 1.10. The van der Waals surface area contributed by atoms with Gasteiger partial charge in [0, 0.05) is 0 Å². The Morgan fingerprint density at radius 1 is 1.22 bits per heavy atom. The van der Waals surface area contributed by atoms with Gasteiger partial charge in [-0.25, -0.2) is 0 Å². The van der Waals surface area contributed by atoms with E-state index in [0.717, 1.165) is 6.42 Å². The second-order valence-electron chi connectivity index (χ2n) is 7.26. The Labute approximate surface area is 154 Å². The van der Waals surface area contributed by atoms with Crippen molar-refractivity contribution >= 4 is 28.2 Å². The Balaban J connectivity index is 2.02. The monoisotopic (exact) mass is 416 g/mol. The van der Waals surface area contributed by atoms with Crippen molar-refractivity contribution in [2.24, 2.45) is 5.92 Å². The third-order valence-electron chi connectivity index (χ3n) is 5.53. The van der Waals surface area contributed by atoms with Crippen molar-refractivity contribution in [3.63, 3.8) is 0 Å². The molecule has 1 aromatic rings. The van der Waals surface area contributed by atoms with E-state index < -0.39 is 0 Å². The van der Waals surface area contributed by atoms with Gasteiger partial charge in [-0.15, -0.1) is 0 Å². The number of fused-ring (bicyclic) bond motifs is 1. The van der Waals surface area contributed by atoms with Gasteiger partial charge in [-0.2, -0.15) is 0 Å². The van der Waals surface area contributed by atoms with Gasteiger partial charge in [-0.05, 0) is 78.5 Å². The predicted molar refractivity (Wildman–Crippen MR) is 110 cm³/mol. The predicted octanol–water partition coefficient (Wildman–Crippen LogP) is 6.94. The molecule has 2 aliphatic rings. The molecule has 0 aliphatic heterocycles. The minimum atomic E-state index is 0.170. The lowest BCUT2D eigenvalue weighted by molar-refractivity contribution is 0.381. The van der Waals surface area contributed by atoms with Crippen molar-refractivity contribution in [1.82, 2.24) is 0 Å². The fourth-order valence-electron chi connectivity index (χ4n) is 4.17. The zero-order valence-electron chi connectivity index (χ0n) is 14.3. The molecule has 0 N–H and O–H groups in total. The van der Waals surface area contributed by atoms with E-state index in [0.29, 0.717) is 11.8 Å². The fourth-order valence-corrected chi connectivity index (χ4v) is 4.62. The van der Waals surface area contributed by atoms with Crippen LogP contribution in [0.2, 0.25) is 0 Å². The lowest BCUT2D eigenvalue weighted by atomic mass is 9.76. The number of allylic oxidation sites excluding steroid dienone is 7. The van der Waals surface area contributed by atoms with Gasteiger partial charge in [0.2, 0.25) is 0 Å². The molecule has 1 aromatic carbocycles. The highest BCUT2D eigenvalue weighted by Gasteiger charge is 2.42. The Bertz CT molecular complexity index is 715. The molecule has 0 saturated heterocycles. The average molecular weight is 416 g/mol. The van der Waals surface area contributed by atoms with Crippen molar-refractivity contribution < 1.29 is 0 Å². The highest BCUT2D eigenvalue weighted by Crippen LogP contribution is 2.51. The van der Waals surface area contributed by atoms with Crippen molar-refractivity contribution in [3.05, 3.63) is 75.4 Å². The van der Waals surface area contributed by atoms with E-state index in [9.17, 15) is 0 Å². The molecular weight excluding hydrogens is 391 g/mol. The van der Waals surface area contributed by atoms with Crippen LogP contribution in [0.25, 0.3) is 5.57 Å². The van der Waals surface area contributed by atoms with Crippen LogP contribution in [0.4, 0.5) is 0 Å². The molecule has 0 aromatic heterocycles. The zero-order valence-corrected chi connectivity index (χ0v) is 16.4. The second kappa shape index (κ2) is 6.43. The molecular formula is C22H25I. The van der Waals surface area contributed by atoms with E-state index in [4.69, 9.17) is 0 Å². The van der Waals surface area contributed by atoms with Gasteiger partial charge in [0.1, 0.15) is 0 Å². The third kappa shape index (κ3) is 3.00. The van der Waals surface area contributed by atoms with Crippen LogP contribution < -0.4 is 0 Å². The van der Waals surface area contributed by atoms with Crippen LogP contribution in [-0.4, -0.2) is 0 Å². The Kier molecular flexibility index (Phi) is 4.68. The molecule has 120 valence electrons. The fraction of sp³-hybridized carbons (Fsp3) is 0.364. The molecule has 1 heteroatoms. The first-order valence-electron chi connectivity index (χ1n) is 8.44. The summed E-state index contributed by atoms with van der Waals surface area (Å²) in [6.07, 6.45) is 13.2. The molecule has 2 aliphatic carbocycles. The molecule has 0 heterocycles. The van der Waals surface area contributed by atoms with Gasteiger partial charge < -0.3 is 0 Å². The normalized spacial score (nSPS) is 25.9. The molecule has 2 unspecified atom stereocenters. The Hall–Kier alpha value is -1.09. The van der Waals surface area contributed by atoms with E-state index in [1.165, 1.54) is 32.3 Å². The van der Waals surface area contributed by atoms with Crippen LogP contribution in [0, 0.1) is 5.92 Å². The van der Waals surface area contributed by atoms with Crippen LogP contribution >= 0.6 is 22.6 Å². The van der Waals surface area contributed by atoms with E-state index in [-0.39, 0.29) is 5.41 Å². The van der Waals surface area contributed by atoms with E-state index >= 15 is 0 Å².